The highest BCUT2D eigenvalue weighted by Gasteiger charge is 2.20. The summed E-state index contributed by atoms with van der Waals surface area (Å²) in [6.45, 7) is 7.09. The third-order valence-corrected chi connectivity index (χ3v) is 5.80. The summed E-state index contributed by atoms with van der Waals surface area (Å²) >= 11 is 1.40. The number of fused-ring (bicyclic) bond motifs is 1. The minimum absolute atomic E-state index is 0.346. The quantitative estimate of drug-likeness (QED) is 0.422. The van der Waals surface area contributed by atoms with Crippen molar-refractivity contribution in [3.63, 3.8) is 0 Å². The molecular formula is C23H24N6O4S. The number of anilines is 2. The zero-order valence-electron chi connectivity index (χ0n) is 19.4. The number of nitrogens with zero attached hydrogens (tertiary/aromatic N) is 4. The van der Waals surface area contributed by atoms with E-state index in [-0.39, 0.29) is 5.91 Å². The van der Waals surface area contributed by atoms with Crippen LogP contribution >= 0.6 is 11.3 Å². The van der Waals surface area contributed by atoms with Crippen molar-refractivity contribution in [1.29, 1.82) is 0 Å². The van der Waals surface area contributed by atoms with Crippen LogP contribution in [0.25, 0.3) is 15.3 Å². The summed E-state index contributed by atoms with van der Waals surface area (Å²) < 4.78 is 12.3. The Morgan fingerprint density at radius 3 is 2.68 bits per heavy atom. The summed E-state index contributed by atoms with van der Waals surface area (Å²) in [6, 6.07) is 5.35. The molecule has 0 fully saturated rings. The molecule has 0 aliphatic carbocycles. The molecule has 0 aliphatic rings. The van der Waals surface area contributed by atoms with Crippen LogP contribution < -0.4 is 15.4 Å². The Kier molecular flexibility index (Phi) is 6.20. The zero-order valence-corrected chi connectivity index (χ0v) is 20.2. The van der Waals surface area contributed by atoms with Gasteiger partial charge >= 0.3 is 6.09 Å². The normalized spacial score (nSPS) is 11.3. The standard InChI is InChI=1S/C23H24N6O4S/c1-13-17(9-14(10-25-13)27-22(31)33-23(2,3)4)28-19(30)16-11-26-29-12-18(34-21(16)29)15-7-6-8-24-20(15)32-5/h6-12H,1-5H3,(H,27,31)(H,28,30). The van der Waals surface area contributed by atoms with Gasteiger partial charge in [-0.15, -0.1) is 11.3 Å². The van der Waals surface area contributed by atoms with E-state index in [2.05, 4.69) is 25.7 Å². The molecule has 0 radical (unpaired) electrons. The first-order valence-corrected chi connectivity index (χ1v) is 11.2. The lowest BCUT2D eigenvalue weighted by Gasteiger charge is -2.19. The van der Waals surface area contributed by atoms with E-state index in [0.29, 0.717) is 33.3 Å². The van der Waals surface area contributed by atoms with Crippen LogP contribution in [0, 0.1) is 6.92 Å². The lowest BCUT2D eigenvalue weighted by atomic mass is 10.2. The lowest BCUT2D eigenvalue weighted by molar-refractivity contribution is 0.0635. The summed E-state index contributed by atoms with van der Waals surface area (Å²) in [7, 11) is 1.56. The molecule has 0 bridgehead atoms. The molecule has 4 aromatic rings. The fourth-order valence-electron chi connectivity index (χ4n) is 3.15. The second-order valence-electron chi connectivity index (χ2n) is 8.40. The molecule has 11 heteroatoms. The van der Waals surface area contributed by atoms with Gasteiger partial charge in [0.25, 0.3) is 5.91 Å². The van der Waals surface area contributed by atoms with Crippen molar-refractivity contribution < 1.29 is 19.1 Å². The lowest BCUT2D eigenvalue weighted by Crippen LogP contribution is -2.27. The van der Waals surface area contributed by atoms with Gasteiger partial charge in [0.2, 0.25) is 5.88 Å². The first kappa shape index (κ1) is 23.2. The van der Waals surface area contributed by atoms with Gasteiger partial charge in [-0.1, -0.05) is 0 Å². The average molecular weight is 481 g/mol. The molecule has 0 spiro atoms. The molecule has 10 nitrogen and oxygen atoms in total. The number of carbonyl (C=O) groups is 2. The number of amides is 2. The number of methoxy groups -OCH3 is 1. The first-order chi connectivity index (χ1) is 16.1. The van der Waals surface area contributed by atoms with Crippen molar-refractivity contribution in [2.75, 3.05) is 17.7 Å². The third-order valence-electron chi connectivity index (χ3n) is 4.65. The molecule has 4 rings (SSSR count). The fraction of sp³-hybridized carbons (Fsp3) is 0.261. The molecule has 0 saturated carbocycles. The summed E-state index contributed by atoms with van der Waals surface area (Å²) in [4.78, 5) is 35.2. The van der Waals surface area contributed by atoms with Crippen LogP contribution in [0.3, 0.4) is 0 Å². The van der Waals surface area contributed by atoms with Crippen LogP contribution in [-0.2, 0) is 4.74 Å². The molecule has 4 heterocycles. The van der Waals surface area contributed by atoms with Gasteiger partial charge in [-0.3, -0.25) is 15.1 Å². The van der Waals surface area contributed by atoms with Crippen LogP contribution in [-0.4, -0.2) is 44.3 Å². The summed E-state index contributed by atoms with van der Waals surface area (Å²) in [5.74, 6) is 0.148. The monoisotopic (exact) mass is 480 g/mol. The van der Waals surface area contributed by atoms with Crippen LogP contribution in [0.1, 0.15) is 36.8 Å². The molecule has 176 valence electrons. The molecule has 2 amide bonds. The Hall–Kier alpha value is -3.99. The number of rotatable bonds is 5. The van der Waals surface area contributed by atoms with Gasteiger partial charge in [-0.25, -0.2) is 14.3 Å². The van der Waals surface area contributed by atoms with E-state index in [1.807, 2.05) is 18.3 Å². The largest absolute Gasteiger partial charge is 0.481 e. The fourth-order valence-corrected chi connectivity index (χ4v) is 4.22. The number of ether oxygens (including phenoxy) is 2. The predicted octanol–water partition coefficient (Wildman–Crippen LogP) is 4.77. The number of aryl methyl sites for hydroxylation is 1. The Balaban J connectivity index is 1.57. The molecule has 34 heavy (non-hydrogen) atoms. The van der Waals surface area contributed by atoms with E-state index in [4.69, 9.17) is 9.47 Å². The number of hydrogen-bond donors (Lipinski definition) is 2. The zero-order chi connectivity index (χ0) is 24.5. The van der Waals surface area contributed by atoms with Crippen LogP contribution in [0.15, 0.2) is 43.0 Å². The minimum atomic E-state index is -0.632. The van der Waals surface area contributed by atoms with Crippen molar-refractivity contribution in [3.05, 3.63) is 54.2 Å². The van der Waals surface area contributed by atoms with E-state index >= 15 is 0 Å². The highest BCUT2D eigenvalue weighted by Crippen LogP contribution is 2.35. The SMILES string of the molecule is COc1ncccc1-c1cn2ncc(C(=O)Nc3cc(NC(=O)OC(C)(C)C)cnc3C)c2s1. The van der Waals surface area contributed by atoms with Crippen LogP contribution in [0.5, 0.6) is 5.88 Å². The number of aromatic nitrogens is 4. The molecule has 0 saturated heterocycles. The van der Waals surface area contributed by atoms with Gasteiger partial charge in [0, 0.05) is 12.4 Å². The van der Waals surface area contributed by atoms with Crippen molar-refractivity contribution >= 4 is 39.5 Å². The second kappa shape index (κ2) is 9.10. The van der Waals surface area contributed by atoms with Crippen molar-refractivity contribution in [2.24, 2.45) is 0 Å². The Bertz CT molecular complexity index is 1370. The van der Waals surface area contributed by atoms with Crippen LogP contribution in [0.2, 0.25) is 0 Å². The molecule has 0 aromatic carbocycles. The second-order valence-corrected chi connectivity index (χ2v) is 9.43. The summed E-state index contributed by atoms with van der Waals surface area (Å²) in [6.07, 6.45) is 5.89. The predicted molar refractivity (Wildman–Crippen MR) is 130 cm³/mol. The van der Waals surface area contributed by atoms with Gasteiger partial charge < -0.3 is 14.8 Å². The van der Waals surface area contributed by atoms with Crippen molar-refractivity contribution in [3.8, 4) is 16.3 Å². The topological polar surface area (TPSA) is 120 Å². The van der Waals surface area contributed by atoms with E-state index < -0.39 is 11.7 Å². The van der Waals surface area contributed by atoms with Gasteiger partial charge in [-0.05, 0) is 45.9 Å². The number of carbonyl (C=O) groups excluding carboxylic acids is 2. The maximum Gasteiger partial charge on any atom is 0.412 e. The third kappa shape index (κ3) is 4.99. The molecule has 4 aromatic heterocycles. The van der Waals surface area contributed by atoms with Crippen LogP contribution in [0.4, 0.5) is 16.2 Å². The maximum absolute atomic E-state index is 13.1. The van der Waals surface area contributed by atoms with Gasteiger partial charge in [0.05, 0.1) is 52.6 Å². The van der Waals surface area contributed by atoms with E-state index in [1.165, 1.54) is 23.7 Å². The van der Waals surface area contributed by atoms with E-state index in [9.17, 15) is 9.59 Å². The number of hydrogen-bond acceptors (Lipinski definition) is 8. The smallest absolute Gasteiger partial charge is 0.412 e. The first-order valence-electron chi connectivity index (χ1n) is 10.4. The molecular weight excluding hydrogens is 456 g/mol. The Morgan fingerprint density at radius 1 is 1.15 bits per heavy atom. The summed E-state index contributed by atoms with van der Waals surface area (Å²) in [5.41, 5.74) is 2.04. The Morgan fingerprint density at radius 2 is 1.94 bits per heavy atom. The Labute approximate surface area is 200 Å². The highest BCUT2D eigenvalue weighted by molar-refractivity contribution is 7.21. The number of nitrogens with one attached hydrogen (secondary N) is 2. The van der Waals surface area contributed by atoms with E-state index in [0.717, 1.165) is 10.4 Å². The van der Waals surface area contributed by atoms with Gasteiger partial charge in [0.15, 0.2) is 0 Å². The molecule has 0 atom stereocenters. The van der Waals surface area contributed by atoms with Crippen molar-refractivity contribution in [1.82, 2.24) is 19.6 Å². The number of pyridine rings is 2. The summed E-state index contributed by atoms with van der Waals surface area (Å²) in [5, 5.41) is 9.80. The molecule has 0 aliphatic heterocycles. The number of thiazole rings is 1. The van der Waals surface area contributed by atoms with Gasteiger partial charge in [0.1, 0.15) is 10.4 Å². The van der Waals surface area contributed by atoms with Crippen molar-refractivity contribution in [2.45, 2.75) is 33.3 Å². The molecule has 0 unspecified atom stereocenters. The maximum atomic E-state index is 13.1. The highest BCUT2D eigenvalue weighted by atomic mass is 32.1. The minimum Gasteiger partial charge on any atom is -0.481 e. The molecule has 2 N–H and O–H groups in total. The van der Waals surface area contributed by atoms with Gasteiger partial charge in [-0.2, -0.15) is 5.10 Å². The average Bonchev–Trinajstić information content (AvgIpc) is 3.35. The van der Waals surface area contributed by atoms with E-state index in [1.54, 1.807) is 51.6 Å².